The van der Waals surface area contributed by atoms with Crippen molar-refractivity contribution in [3.05, 3.63) is 35.4 Å². The second-order valence-corrected chi connectivity index (χ2v) is 9.08. The zero-order valence-corrected chi connectivity index (χ0v) is 13.9. The maximum absolute atomic E-state index is 9.97. The number of benzene rings is 1. The summed E-state index contributed by atoms with van der Waals surface area (Å²) in [5.41, 5.74) is 2.79. The molecule has 1 spiro atoms. The molecule has 0 heterocycles. The first-order chi connectivity index (χ1) is 11.8. The Hall–Kier alpha value is -1.80. The Morgan fingerprint density at radius 3 is 2.46 bits per heavy atom. The number of hydrogen-bond donors (Lipinski definition) is 0. The molecule has 0 aliphatic heterocycles. The van der Waals surface area contributed by atoms with E-state index >= 15 is 0 Å². The molecule has 24 heavy (non-hydrogen) atoms. The van der Waals surface area contributed by atoms with Gasteiger partial charge in [-0.1, -0.05) is 43.5 Å². The third kappa shape index (κ3) is 1.19. The molecule has 0 amide bonds. The van der Waals surface area contributed by atoms with E-state index in [0.717, 1.165) is 30.6 Å². The summed E-state index contributed by atoms with van der Waals surface area (Å²) in [5, 5.41) is 19.9. The number of fused-ring (bicyclic) bond motifs is 4. The average molecular weight is 314 g/mol. The monoisotopic (exact) mass is 314 g/mol. The van der Waals surface area contributed by atoms with E-state index in [1.54, 1.807) is 11.1 Å². The van der Waals surface area contributed by atoms with Crippen LogP contribution in [0.15, 0.2) is 24.3 Å². The Bertz CT molecular complexity index is 813. The molecule has 0 bridgehead atoms. The molecule has 5 aliphatic carbocycles. The average Bonchev–Trinajstić information content (AvgIpc) is 2.86. The van der Waals surface area contributed by atoms with E-state index in [4.69, 9.17) is 0 Å². The van der Waals surface area contributed by atoms with E-state index in [0.29, 0.717) is 23.2 Å². The van der Waals surface area contributed by atoms with Gasteiger partial charge in [-0.15, -0.1) is 0 Å². The molecule has 2 heteroatoms. The van der Waals surface area contributed by atoms with Gasteiger partial charge in [-0.2, -0.15) is 10.5 Å². The van der Waals surface area contributed by atoms with Gasteiger partial charge in [0.2, 0.25) is 0 Å². The molecule has 2 nitrogen and oxygen atoms in total. The Morgan fingerprint density at radius 2 is 1.67 bits per heavy atom. The van der Waals surface area contributed by atoms with Gasteiger partial charge < -0.3 is 0 Å². The summed E-state index contributed by atoms with van der Waals surface area (Å²) in [6, 6.07) is 14.2. The Balaban J connectivity index is 1.57. The van der Waals surface area contributed by atoms with E-state index in [2.05, 4.69) is 36.4 Å². The van der Waals surface area contributed by atoms with Crippen molar-refractivity contribution in [3.8, 4) is 12.1 Å². The molecule has 0 aromatic heterocycles. The quantitative estimate of drug-likeness (QED) is 0.694. The van der Waals surface area contributed by atoms with Crippen LogP contribution in [-0.4, -0.2) is 0 Å². The molecule has 6 rings (SSSR count). The van der Waals surface area contributed by atoms with Crippen LogP contribution in [0, 0.1) is 57.2 Å². The fourth-order valence-electron chi connectivity index (χ4n) is 8.27. The highest BCUT2D eigenvalue weighted by Crippen LogP contribution is 2.92. The molecule has 4 fully saturated rings. The third-order valence-corrected chi connectivity index (χ3v) is 8.67. The lowest BCUT2D eigenvalue weighted by Gasteiger charge is -2.35. The van der Waals surface area contributed by atoms with E-state index < -0.39 is 5.41 Å². The lowest BCUT2D eigenvalue weighted by molar-refractivity contribution is 0.154. The van der Waals surface area contributed by atoms with Crippen LogP contribution < -0.4 is 0 Å². The predicted octanol–water partition coefficient (Wildman–Crippen LogP) is 4.75. The Kier molecular flexibility index (Phi) is 2.28. The molecule has 0 N–H and O–H groups in total. The summed E-state index contributed by atoms with van der Waals surface area (Å²) in [6.07, 6.45) is 7.11. The van der Waals surface area contributed by atoms with Crippen molar-refractivity contribution < 1.29 is 0 Å². The van der Waals surface area contributed by atoms with Gasteiger partial charge in [-0.25, -0.2) is 0 Å². The number of hydrogen-bond acceptors (Lipinski definition) is 2. The summed E-state index contributed by atoms with van der Waals surface area (Å²) in [7, 11) is 0. The van der Waals surface area contributed by atoms with Crippen LogP contribution in [-0.2, 0) is 0 Å². The van der Waals surface area contributed by atoms with Crippen LogP contribution >= 0.6 is 0 Å². The van der Waals surface area contributed by atoms with Crippen LogP contribution in [0.25, 0.3) is 0 Å². The Labute approximate surface area is 143 Å². The van der Waals surface area contributed by atoms with Gasteiger partial charge in [0, 0.05) is 0 Å². The van der Waals surface area contributed by atoms with Crippen molar-refractivity contribution >= 4 is 0 Å². The first kappa shape index (κ1) is 13.5. The summed E-state index contributed by atoms with van der Waals surface area (Å²) in [5.74, 6) is 3.81. The van der Waals surface area contributed by atoms with Crippen LogP contribution in [0.5, 0.6) is 0 Å². The molecule has 1 aromatic carbocycles. The summed E-state index contributed by atoms with van der Waals surface area (Å²) in [6.45, 7) is 0. The highest BCUT2D eigenvalue weighted by molar-refractivity contribution is 5.56. The second-order valence-electron chi connectivity index (χ2n) is 9.08. The van der Waals surface area contributed by atoms with Gasteiger partial charge in [-0.3, -0.25) is 0 Å². The van der Waals surface area contributed by atoms with E-state index in [1.165, 1.54) is 25.7 Å². The molecule has 1 aromatic rings. The summed E-state index contributed by atoms with van der Waals surface area (Å²) < 4.78 is 0. The van der Waals surface area contributed by atoms with Crippen molar-refractivity contribution in [1.29, 1.82) is 10.5 Å². The van der Waals surface area contributed by atoms with Crippen LogP contribution in [0.2, 0.25) is 0 Å². The smallest absolute Gasteiger partial charge is 0.147 e. The molecule has 5 aliphatic rings. The van der Waals surface area contributed by atoms with Gasteiger partial charge >= 0.3 is 0 Å². The first-order valence-electron chi connectivity index (χ1n) is 9.70. The third-order valence-electron chi connectivity index (χ3n) is 8.67. The van der Waals surface area contributed by atoms with Gasteiger partial charge in [0.15, 0.2) is 0 Å². The van der Waals surface area contributed by atoms with Gasteiger partial charge in [0.05, 0.1) is 12.1 Å². The molecule has 4 saturated carbocycles. The molecular formula is C22H22N2. The van der Waals surface area contributed by atoms with Crippen LogP contribution in [0.1, 0.15) is 61.5 Å². The van der Waals surface area contributed by atoms with Gasteiger partial charge in [0.1, 0.15) is 5.41 Å². The second kappa shape index (κ2) is 4.05. The maximum atomic E-state index is 9.97. The predicted molar refractivity (Wildman–Crippen MR) is 89.7 cm³/mol. The normalized spacial score (nSPS) is 48.2. The Morgan fingerprint density at radius 1 is 0.917 bits per heavy atom. The van der Waals surface area contributed by atoms with Gasteiger partial charge in [0.25, 0.3) is 0 Å². The molecule has 0 radical (unpaired) electrons. The summed E-state index contributed by atoms with van der Waals surface area (Å²) in [4.78, 5) is 0. The largest absolute Gasteiger partial charge is 0.197 e. The zero-order chi connectivity index (χ0) is 16.1. The molecular weight excluding hydrogens is 292 g/mol. The minimum Gasteiger partial charge on any atom is -0.197 e. The van der Waals surface area contributed by atoms with Crippen molar-refractivity contribution in [2.45, 2.75) is 50.4 Å². The van der Waals surface area contributed by atoms with Crippen LogP contribution in [0.3, 0.4) is 0 Å². The number of nitrogens with zero attached hydrogens (tertiary/aromatic N) is 2. The van der Waals surface area contributed by atoms with Crippen LogP contribution in [0.4, 0.5) is 0 Å². The van der Waals surface area contributed by atoms with E-state index in [-0.39, 0.29) is 0 Å². The van der Waals surface area contributed by atoms with Crippen molar-refractivity contribution in [1.82, 2.24) is 0 Å². The standard InChI is InChI=1S/C22H22N2/c23-11-21(12-24)10-22-18-15(8-2-1-3-9-16(18)21)17-13-6-4-5-7-14(13)19(22)20(17)22/h4-7,15-20H,1-3,8-10H2. The number of rotatable bonds is 0. The molecule has 7 unspecified atom stereocenters. The highest BCUT2D eigenvalue weighted by atomic mass is 14.9. The fraction of sp³-hybridized carbons (Fsp3) is 0.636. The van der Waals surface area contributed by atoms with Crippen molar-refractivity contribution in [3.63, 3.8) is 0 Å². The number of nitriles is 2. The fourth-order valence-corrected chi connectivity index (χ4v) is 8.27. The SMILES string of the molecule is N#CC1(C#N)CC23C4c5ccccc5C(C5CCCCCC1C52)C43. The van der Waals surface area contributed by atoms with Crippen molar-refractivity contribution in [2.24, 2.45) is 34.5 Å². The van der Waals surface area contributed by atoms with Gasteiger partial charge in [-0.05, 0) is 71.3 Å². The topological polar surface area (TPSA) is 47.6 Å². The van der Waals surface area contributed by atoms with Crippen molar-refractivity contribution in [2.75, 3.05) is 0 Å². The first-order valence-corrected chi connectivity index (χ1v) is 9.70. The molecule has 0 saturated heterocycles. The zero-order valence-electron chi connectivity index (χ0n) is 13.9. The maximum Gasteiger partial charge on any atom is 0.147 e. The lowest BCUT2D eigenvalue weighted by Crippen LogP contribution is -2.31. The minimum atomic E-state index is -0.704. The van der Waals surface area contributed by atoms with E-state index in [1.807, 2.05) is 0 Å². The highest BCUT2D eigenvalue weighted by Gasteiger charge is 2.86. The summed E-state index contributed by atoms with van der Waals surface area (Å²) >= 11 is 0. The molecule has 7 atom stereocenters. The lowest BCUT2D eigenvalue weighted by atomic mass is 9.67. The van der Waals surface area contributed by atoms with E-state index in [9.17, 15) is 10.5 Å². The molecule has 120 valence electrons. The minimum absolute atomic E-state index is 0.303.